The Morgan fingerprint density at radius 3 is 2.29 bits per heavy atom. The van der Waals surface area contributed by atoms with Gasteiger partial charge in [0.2, 0.25) is 0 Å². The highest BCUT2D eigenvalue weighted by Gasteiger charge is 1.99. The van der Waals surface area contributed by atoms with Crippen molar-refractivity contribution >= 4 is 5.57 Å². The summed E-state index contributed by atoms with van der Waals surface area (Å²) < 4.78 is 0. The van der Waals surface area contributed by atoms with E-state index in [1.165, 1.54) is 16.7 Å². The Hall–Kier alpha value is -1.11. The van der Waals surface area contributed by atoms with E-state index < -0.39 is 0 Å². The number of hydrogen-bond donors (Lipinski definition) is 0. The Bertz CT molecular complexity index is 311. The van der Waals surface area contributed by atoms with Crippen molar-refractivity contribution in [2.24, 2.45) is 0 Å². The van der Waals surface area contributed by atoms with E-state index in [-0.39, 0.29) is 0 Å². The Morgan fingerprint density at radius 1 is 1.29 bits per heavy atom. The normalized spacial score (nSPS) is 10.6. The lowest BCUT2D eigenvalue weighted by Crippen LogP contribution is -1.89. The first-order valence-electron chi connectivity index (χ1n) is 5.21. The van der Waals surface area contributed by atoms with Crippen LogP contribution >= 0.6 is 0 Å². The van der Waals surface area contributed by atoms with Gasteiger partial charge in [-0.3, -0.25) is 4.98 Å². The summed E-state index contributed by atoms with van der Waals surface area (Å²) in [6, 6.07) is 2.11. The van der Waals surface area contributed by atoms with Crippen LogP contribution in [-0.2, 0) is 0 Å². The molecule has 1 nitrogen and oxygen atoms in total. The smallest absolute Gasteiger partial charge is 0.0375 e. The molecule has 0 aliphatic carbocycles. The third kappa shape index (κ3) is 3.33. The van der Waals surface area contributed by atoms with Crippen LogP contribution in [0.15, 0.2) is 18.3 Å². The van der Waals surface area contributed by atoms with E-state index in [0.717, 1.165) is 5.69 Å². The maximum atomic E-state index is 4.27. The molecular formula is C13H21N. The molecule has 0 spiro atoms. The van der Waals surface area contributed by atoms with Gasteiger partial charge in [0.1, 0.15) is 0 Å². The quantitative estimate of drug-likeness (QED) is 0.650. The van der Waals surface area contributed by atoms with E-state index in [0.29, 0.717) is 0 Å². The zero-order valence-corrected chi connectivity index (χ0v) is 10.2. The van der Waals surface area contributed by atoms with Crippen LogP contribution in [0.3, 0.4) is 0 Å². The lowest BCUT2D eigenvalue weighted by atomic mass is 10.0. The van der Waals surface area contributed by atoms with Gasteiger partial charge in [-0.25, -0.2) is 0 Å². The first kappa shape index (κ1) is 12.9. The van der Waals surface area contributed by atoms with E-state index >= 15 is 0 Å². The summed E-state index contributed by atoms with van der Waals surface area (Å²) in [6.45, 7) is 12.3. The Labute approximate surface area is 87.9 Å². The fourth-order valence-electron chi connectivity index (χ4n) is 1.26. The molecule has 14 heavy (non-hydrogen) atoms. The summed E-state index contributed by atoms with van der Waals surface area (Å²) >= 11 is 0. The average molecular weight is 191 g/mol. The van der Waals surface area contributed by atoms with Gasteiger partial charge in [-0.1, -0.05) is 19.9 Å². The molecule has 78 valence electrons. The van der Waals surface area contributed by atoms with Crippen molar-refractivity contribution in [3.63, 3.8) is 0 Å². The van der Waals surface area contributed by atoms with Crippen LogP contribution in [0, 0.1) is 13.8 Å². The van der Waals surface area contributed by atoms with Gasteiger partial charge in [0.25, 0.3) is 0 Å². The molecule has 0 unspecified atom stereocenters. The predicted molar refractivity (Wildman–Crippen MR) is 64.4 cm³/mol. The molecule has 0 fully saturated rings. The maximum absolute atomic E-state index is 4.27. The van der Waals surface area contributed by atoms with Crippen LogP contribution in [0.4, 0.5) is 0 Å². The molecule has 0 aliphatic heterocycles. The molecule has 1 aromatic rings. The molecule has 0 amide bonds. The monoisotopic (exact) mass is 191 g/mol. The second-order valence-electron chi connectivity index (χ2n) is 3.11. The van der Waals surface area contributed by atoms with E-state index in [9.17, 15) is 0 Å². The molecule has 0 bridgehead atoms. The molecule has 1 aromatic heterocycles. The molecule has 0 atom stereocenters. The van der Waals surface area contributed by atoms with Crippen LogP contribution in [0.1, 0.15) is 44.5 Å². The largest absolute Gasteiger partial charge is 0.261 e. The van der Waals surface area contributed by atoms with E-state index in [4.69, 9.17) is 0 Å². The highest BCUT2D eigenvalue weighted by atomic mass is 14.7. The summed E-state index contributed by atoms with van der Waals surface area (Å²) in [5, 5.41) is 0. The minimum Gasteiger partial charge on any atom is -0.261 e. The molecule has 0 aromatic carbocycles. The van der Waals surface area contributed by atoms with Crippen LogP contribution in [-0.4, -0.2) is 4.98 Å². The Balaban J connectivity index is 0.000000791. The molecular weight excluding hydrogens is 170 g/mol. The van der Waals surface area contributed by atoms with Crippen molar-refractivity contribution in [3.8, 4) is 0 Å². The van der Waals surface area contributed by atoms with Gasteiger partial charge >= 0.3 is 0 Å². The fraction of sp³-hybridized carbons (Fsp3) is 0.462. The van der Waals surface area contributed by atoms with Gasteiger partial charge in [-0.05, 0) is 50.5 Å². The number of aromatic nitrogens is 1. The summed E-state index contributed by atoms with van der Waals surface area (Å²) in [7, 11) is 0. The zero-order chi connectivity index (χ0) is 11.1. The zero-order valence-electron chi connectivity index (χ0n) is 10.2. The highest BCUT2D eigenvalue weighted by molar-refractivity contribution is 5.65. The molecule has 1 heteroatoms. The van der Waals surface area contributed by atoms with E-state index in [1.54, 1.807) is 0 Å². The minimum absolute atomic E-state index is 1.08. The standard InChI is InChI=1S/C11H15N.C2H6/c1-5-8(2)11-7-12-10(4)6-9(11)3;1-2/h5-7H,1-4H3;1-2H3/b8-5-;. The van der Waals surface area contributed by atoms with Gasteiger partial charge < -0.3 is 0 Å². The van der Waals surface area contributed by atoms with Gasteiger partial charge in [-0.15, -0.1) is 0 Å². The molecule has 0 saturated carbocycles. The first-order chi connectivity index (χ1) is 6.65. The minimum atomic E-state index is 1.08. The summed E-state index contributed by atoms with van der Waals surface area (Å²) in [6.07, 6.45) is 4.05. The number of hydrogen-bond acceptors (Lipinski definition) is 1. The molecule has 1 rings (SSSR count). The molecule has 0 saturated heterocycles. The van der Waals surface area contributed by atoms with Gasteiger partial charge in [0.15, 0.2) is 0 Å². The summed E-state index contributed by atoms with van der Waals surface area (Å²) in [4.78, 5) is 4.27. The van der Waals surface area contributed by atoms with Crippen molar-refractivity contribution in [2.45, 2.75) is 41.5 Å². The predicted octanol–water partition coefficient (Wildman–Crippen LogP) is 4.15. The van der Waals surface area contributed by atoms with Crippen molar-refractivity contribution in [3.05, 3.63) is 35.2 Å². The van der Waals surface area contributed by atoms with Gasteiger partial charge in [0, 0.05) is 11.9 Å². The van der Waals surface area contributed by atoms with Gasteiger partial charge in [-0.2, -0.15) is 0 Å². The van der Waals surface area contributed by atoms with Crippen molar-refractivity contribution in [1.29, 1.82) is 0 Å². The third-order valence-electron chi connectivity index (χ3n) is 2.11. The van der Waals surface area contributed by atoms with Crippen LogP contribution < -0.4 is 0 Å². The summed E-state index contributed by atoms with van der Waals surface area (Å²) in [5.74, 6) is 0. The second-order valence-corrected chi connectivity index (χ2v) is 3.11. The van der Waals surface area contributed by atoms with Crippen LogP contribution in [0.5, 0.6) is 0 Å². The average Bonchev–Trinajstić information content (AvgIpc) is 2.20. The van der Waals surface area contributed by atoms with Crippen LogP contribution in [0.2, 0.25) is 0 Å². The fourth-order valence-corrected chi connectivity index (χ4v) is 1.26. The van der Waals surface area contributed by atoms with Crippen LogP contribution in [0.25, 0.3) is 5.57 Å². The maximum Gasteiger partial charge on any atom is 0.0375 e. The molecule has 0 aliphatic rings. The van der Waals surface area contributed by atoms with Crippen molar-refractivity contribution < 1.29 is 0 Å². The lowest BCUT2D eigenvalue weighted by Gasteiger charge is -2.05. The number of rotatable bonds is 1. The van der Waals surface area contributed by atoms with Crippen molar-refractivity contribution in [2.75, 3.05) is 0 Å². The number of aryl methyl sites for hydroxylation is 2. The highest BCUT2D eigenvalue weighted by Crippen LogP contribution is 2.17. The van der Waals surface area contributed by atoms with E-state index in [1.807, 2.05) is 27.0 Å². The third-order valence-corrected chi connectivity index (χ3v) is 2.11. The number of allylic oxidation sites excluding steroid dienone is 2. The van der Waals surface area contributed by atoms with E-state index in [2.05, 4.69) is 37.9 Å². The lowest BCUT2D eigenvalue weighted by molar-refractivity contribution is 1.16. The van der Waals surface area contributed by atoms with Gasteiger partial charge in [0.05, 0.1) is 0 Å². The Morgan fingerprint density at radius 2 is 1.86 bits per heavy atom. The molecule has 0 radical (unpaired) electrons. The number of pyridine rings is 1. The van der Waals surface area contributed by atoms with Crippen molar-refractivity contribution in [1.82, 2.24) is 4.98 Å². The second kappa shape index (κ2) is 6.36. The number of nitrogens with zero attached hydrogens (tertiary/aromatic N) is 1. The Kier molecular flexibility index (Phi) is 5.86. The summed E-state index contributed by atoms with van der Waals surface area (Å²) in [5.41, 5.74) is 4.93. The SMILES string of the molecule is C/C=C(/C)c1cnc(C)cc1C.CC. The molecule has 1 heterocycles. The molecule has 0 N–H and O–H groups in total. The topological polar surface area (TPSA) is 12.9 Å². The first-order valence-corrected chi connectivity index (χ1v) is 5.21.